The van der Waals surface area contributed by atoms with Gasteiger partial charge in [0.1, 0.15) is 0 Å². The number of nitrogens with zero attached hydrogens (tertiary/aromatic N) is 6. The monoisotopic (exact) mass is 232 g/mol. The Morgan fingerprint density at radius 3 is 1.10 bits per heavy atom. The summed E-state index contributed by atoms with van der Waals surface area (Å²) in [6, 6.07) is 0. The standard InChI is InChI=1S/CHO2.2N3.Rh/c2-1-3;2*1-3-2;/h(H,2,3);;;/q3*-1;+3. The van der Waals surface area contributed by atoms with Crippen LogP contribution in [-0.2, 0) is 24.3 Å². The van der Waals surface area contributed by atoms with Crippen LogP contribution in [0.15, 0.2) is 0 Å². The van der Waals surface area contributed by atoms with Crippen molar-refractivity contribution in [2.24, 2.45) is 0 Å². The van der Waals surface area contributed by atoms with E-state index in [1.165, 1.54) is 9.82 Å². The molecule has 10 heavy (non-hydrogen) atoms. The van der Waals surface area contributed by atoms with Gasteiger partial charge in [0.25, 0.3) is 0 Å². The van der Waals surface area contributed by atoms with Crippen molar-refractivity contribution in [3.8, 4) is 0 Å². The third-order valence-electron chi connectivity index (χ3n) is 0. The Morgan fingerprint density at radius 2 is 1.10 bits per heavy atom. The molecule has 0 rings (SSSR count). The van der Waals surface area contributed by atoms with Crippen molar-refractivity contribution in [1.82, 2.24) is 0 Å². The van der Waals surface area contributed by atoms with Crippen LogP contribution >= 0.6 is 0 Å². The maximum absolute atomic E-state index is 8.24. The fourth-order valence-corrected chi connectivity index (χ4v) is 0. The quantitative estimate of drug-likeness (QED) is 0.220. The Kier molecular flexibility index (Phi) is 276. The number of hydrogen-bond donors (Lipinski definition) is 1. The molecule has 0 aliphatic rings. The first-order valence-corrected chi connectivity index (χ1v) is 1.23. The van der Waals surface area contributed by atoms with Gasteiger partial charge in [0.05, 0.1) is 0 Å². The van der Waals surface area contributed by atoms with E-state index >= 15 is 0 Å². The van der Waals surface area contributed by atoms with Crippen LogP contribution in [0.25, 0.3) is 31.9 Å². The smallest absolute Gasteiger partial charge is 0.665 e. The summed E-state index contributed by atoms with van der Waals surface area (Å²) >= 11 is 0. The predicted octanol–water partition coefficient (Wildman–Crippen LogP) is 1.34. The molecule has 0 aromatic heterocycles. The van der Waals surface area contributed by atoms with Gasteiger partial charge in [-0.2, -0.15) is 0 Å². The summed E-state index contributed by atoms with van der Waals surface area (Å²) in [5, 5.41) is 6.76. The summed E-state index contributed by atoms with van der Waals surface area (Å²) in [6.45, 7) is 0.500. The molecule has 0 atom stereocenters. The van der Waals surface area contributed by atoms with E-state index in [9.17, 15) is 0 Å². The van der Waals surface area contributed by atoms with Gasteiger partial charge in [-0.15, -0.1) is 0 Å². The van der Waals surface area contributed by atoms with Gasteiger partial charge in [0.15, 0.2) is 0 Å². The third kappa shape index (κ3) is 132. The number of rotatable bonds is 0. The summed E-state index contributed by atoms with van der Waals surface area (Å²) in [5.74, 6) is 0. The molecule has 8 nitrogen and oxygen atoms in total. The molecule has 0 radical (unpaired) electrons. The molecular formula is CHN6O2Rh. The number of hydrogen-bond acceptors (Lipinski definition) is 1. The van der Waals surface area contributed by atoms with Crippen molar-refractivity contribution >= 4 is 6.47 Å². The topological polar surface area (TPSA) is 155 Å². The van der Waals surface area contributed by atoms with E-state index in [-0.39, 0.29) is 19.5 Å². The molecule has 0 unspecified atom stereocenters. The molecule has 0 aliphatic carbocycles. The maximum Gasteiger partial charge on any atom is 3.00 e. The average Bonchev–Trinajstić information content (AvgIpc) is 1.70. The van der Waals surface area contributed by atoms with Gasteiger partial charge >= 0.3 is 19.5 Å². The van der Waals surface area contributed by atoms with Crippen LogP contribution in [0.1, 0.15) is 0 Å². The minimum Gasteiger partial charge on any atom is -0.665 e. The molecule has 0 aromatic rings. The van der Waals surface area contributed by atoms with E-state index < -0.39 is 0 Å². The van der Waals surface area contributed by atoms with Crippen LogP contribution in [-0.4, -0.2) is 11.6 Å². The molecule has 9 heteroatoms. The van der Waals surface area contributed by atoms with Crippen LogP contribution in [0, 0.1) is 0 Å². The van der Waals surface area contributed by atoms with Crippen LogP contribution < -0.4 is 0 Å². The van der Waals surface area contributed by atoms with E-state index in [0.29, 0.717) is 6.47 Å². The largest absolute Gasteiger partial charge is 3.00 e. The van der Waals surface area contributed by atoms with Gasteiger partial charge < -0.3 is 32.0 Å². The molecule has 1 N–H and O–H groups in total. The Hall–Kier alpha value is -1.29. The summed E-state index contributed by atoms with van der Waals surface area (Å²) in [4.78, 5) is 11.2. The second-order valence-electron chi connectivity index (χ2n) is 0.270. The van der Waals surface area contributed by atoms with Gasteiger partial charge in [-0.3, -0.25) is 9.82 Å². The van der Waals surface area contributed by atoms with E-state index in [0.717, 1.165) is 0 Å². The molecule has 0 fully saturated rings. The molecule has 0 spiro atoms. The molecule has 56 valence electrons. The van der Waals surface area contributed by atoms with E-state index in [4.69, 9.17) is 32.0 Å². The fourth-order valence-electron chi connectivity index (χ4n) is 0. The minimum atomic E-state index is 0. The maximum atomic E-state index is 8.24. The molecule has 0 aliphatic heterocycles. The van der Waals surface area contributed by atoms with Crippen LogP contribution in [0.3, 0.4) is 0 Å². The van der Waals surface area contributed by atoms with Crippen molar-refractivity contribution in [2.75, 3.05) is 0 Å². The summed E-state index contributed by atoms with van der Waals surface area (Å²) in [6.07, 6.45) is 0. The summed E-state index contributed by atoms with van der Waals surface area (Å²) in [5.41, 5.74) is 27.0. The molecular weight excluding hydrogens is 231 g/mol. The molecule has 0 bridgehead atoms. The molecule has 0 saturated heterocycles. The molecule has 0 saturated carbocycles. The van der Waals surface area contributed by atoms with Crippen molar-refractivity contribution in [3.05, 3.63) is 31.9 Å². The molecule has 0 amide bonds. The Balaban J connectivity index is -0.0000000257. The third-order valence-corrected chi connectivity index (χ3v) is 0. The first kappa shape index (κ1) is 23.3. The molecule has 0 heterocycles. The minimum absolute atomic E-state index is 0. The zero-order chi connectivity index (χ0) is 8.12. The van der Waals surface area contributed by atoms with E-state index in [1.807, 2.05) is 0 Å². The van der Waals surface area contributed by atoms with Crippen LogP contribution in [0.4, 0.5) is 0 Å². The first-order chi connectivity index (χ1) is 4.24. The predicted molar refractivity (Wildman–Crippen MR) is 28.5 cm³/mol. The van der Waals surface area contributed by atoms with Crippen molar-refractivity contribution in [2.45, 2.75) is 0 Å². The van der Waals surface area contributed by atoms with Crippen LogP contribution in [0.5, 0.6) is 0 Å². The average molecular weight is 232 g/mol. The van der Waals surface area contributed by atoms with Crippen LogP contribution in [0.2, 0.25) is 0 Å². The van der Waals surface area contributed by atoms with Gasteiger partial charge in [0.2, 0.25) is 0 Å². The second-order valence-corrected chi connectivity index (χ2v) is 0.270. The zero-order valence-electron chi connectivity index (χ0n) is 4.37. The van der Waals surface area contributed by atoms with E-state index in [1.54, 1.807) is 0 Å². The Bertz CT molecular complexity index is 98.9. The zero-order valence-corrected chi connectivity index (χ0v) is 6.01. The SMILES string of the molecule is O=[C-]O.[N-]=[N+]=[N-].[N-]=[N+]=[N-].[Rh+3]. The summed E-state index contributed by atoms with van der Waals surface area (Å²) < 4.78 is 0. The fraction of sp³-hybridized carbons (Fsp3) is 0. The normalized spacial score (nSPS) is 2.80. The van der Waals surface area contributed by atoms with Gasteiger partial charge in [-0.1, -0.05) is 6.47 Å². The Morgan fingerprint density at radius 1 is 1.10 bits per heavy atom. The van der Waals surface area contributed by atoms with Gasteiger partial charge in [-0.05, 0) is 0 Å². The van der Waals surface area contributed by atoms with Gasteiger partial charge in [-0.25, -0.2) is 0 Å². The molecule has 0 aromatic carbocycles. The summed E-state index contributed by atoms with van der Waals surface area (Å²) in [7, 11) is 0. The Labute approximate surface area is 68.4 Å². The second kappa shape index (κ2) is 118. The van der Waals surface area contributed by atoms with Crippen molar-refractivity contribution in [3.63, 3.8) is 0 Å². The van der Waals surface area contributed by atoms with Crippen molar-refractivity contribution < 1.29 is 29.4 Å². The number of aliphatic hydroxyl groups excluding tert-OH is 1. The van der Waals surface area contributed by atoms with Gasteiger partial charge in [0, 0.05) is 0 Å². The first-order valence-electron chi connectivity index (χ1n) is 1.23. The van der Waals surface area contributed by atoms with Crippen molar-refractivity contribution in [1.29, 1.82) is 0 Å². The van der Waals surface area contributed by atoms with E-state index in [2.05, 4.69) is 0 Å².